The van der Waals surface area contributed by atoms with E-state index in [1.165, 1.54) is 4.90 Å². The molecule has 1 saturated heterocycles. The van der Waals surface area contributed by atoms with Crippen molar-refractivity contribution in [2.45, 2.75) is 6.10 Å². The van der Waals surface area contributed by atoms with Crippen molar-refractivity contribution in [3.8, 4) is 0 Å². The van der Waals surface area contributed by atoms with E-state index in [-0.39, 0.29) is 17.4 Å². The molecule has 0 aromatic heterocycles. The van der Waals surface area contributed by atoms with Crippen molar-refractivity contribution in [1.82, 2.24) is 4.90 Å². The van der Waals surface area contributed by atoms with Crippen LogP contribution in [0.4, 0.5) is 0 Å². The first-order chi connectivity index (χ1) is 6.09. The highest BCUT2D eigenvalue weighted by Crippen LogP contribution is 2.10. The molecule has 0 saturated carbocycles. The second-order valence-electron chi connectivity index (χ2n) is 2.84. The van der Waals surface area contributed by atoms with Crippen molar-refractivity contribution < 1.29 is 19.8 Å². The van der Waals surface area contributed by atoms with E-state index in [1.807, 2.05) is 0 Å². The SMILES string of the molecule is O=C(O)CSCC(=O)N1CC(O)C1. The highest BCUT2D eigenvalue weighted by atomic mass is 32.2. The van der Waals surface area contributed by atoms with Gasteiger partial charge >= 0.3 is 5.97 Å². The van der Waals surface area contributed by atoms with Crippen molar-refractivity contribution in [3.63, 3.8) is 0 Å². The van der Waals surface area contributed by atoms with E-state index in [0.717, 1.165) is 11.8 Å². The van der Waals surface area contributed by atoms with Gasteiger partial charge in [0.2, 0.25) is 5.91 Å². The van der Waals surface area contributed by atoms with E-state index in [4.69, 9.17) is 10.2 Å². The smallest absolute Gasteiger partial charge is 0.313 e. The third-order valence-electron chi connectivity index (χ3n) is 1.67. The van der Waals surface area contributed by atoms with E-state index in [9.17, 15) is 9.59 Å². The third-order valence-corrected chi connectivity index (χ3v) is 2.57. The van der Waals surface area contributed by atoms with E-state index >= 15 is 0 Å². The summed E-state index contributed by atoms with van der Waals surface area (Å²) >= 11 is 1.08. The number of β-amino-alcohol motifs (C(OH)–C–C–N with tert-alkyl or cyclic N) is 1. The molecule has 0 aromatic carbocycles. The lowest BCUT2D eigenvalue weighted by atomic mass is 10.2. The number of carbonyl (C=O) groups excluding carboxylic acids is 1. The van der Waals surface area contributed by atoms with Gasteiger partial charge < -0.3 is 15.1 Å². The number of rotatable bonds is 4. The van der Waals surface area contributed by atoms with Gasteiger partial charge in [0, 0.05) is 13.1 Å². The third kappa shape index (κ3) is 3.23. The van der Waals surface area contributed by atoms with Crippen LogP contribution in [0.1, 0.15) is 0 Å². The average Bonchev–Trinajstić information content (AvgIpc) is 1.97. The van der Waals surface area contributed by atoms with Gasteiger partial charge in [-0.2, -0.15) is 0 Å². The van der Waals surface area contributed by atoms with Crippen molar-refractivity contribution in [1.29, 1.82) is 0 Å². The molecule has 0 atom stereocenters. The zero-order chi connectivity index (χ0) is 9.84. The fourth-order valence-corrected chi connectivity index (χ4v) is 1.61. The summed E-state index contributed by atoms with van der Waals surface area (Å²) < 4.78 is 0. The van der Waals surface area contributed by atoms with E-state index in [1.54, 1.807) is 0 Å². The monoisotopic (exact) mass is 205 g/mol. The zero-order valence-corrected chi connectivity index (χ0v) is 7.79. The summed E-state index contributed by atoms with van der Waals surface area (Å²) in [6, 6.07) is 0. The molecule has 1 heterocycles. The van der Waals surface area contributed by atoms with E-state index in [2.05, 4.69) is 0 Å². The first-order valence-corrected chi connectivity index (χ1v) is 5.00. The van der Waals surface area contributed by atoms with E-state index < -0.39 is 12.1 Å². The predicted molar refractivity (Wildman–Crippen MR) is 47.5 cm³/mol. The molecule has 1 aliphatic heterocycles. The van der Waals surface area contributed by atoms with Crippen LogP contribution < -0.4 is 0 Å². The normalized spacial score (nSPS) is 16.8. The van der Waals surface area contributed by atoms with Gasteiger partial charge in [-0.25, -0.2) is 0 Å². The maximum absolute atomic E-state index is 11.2. The second kappa shape index (κ2) is 4.48. The number of thioether (sulfide) groups is 1. The number of aliphatic hydroxyl groups excluding tert-OH is 1. The van der Waals surface area contributed by atoms with Crippen molar-refractivity contribution in [2.24, 2.45) is 0 Å². The lowest BCUT2D eigenvalue weighted by molar-refractivity contribution is -0.138. The minimum atomic E-state index is -0.915. The first kappa shape index (κ1) is 10.3. The fourth-order valence-electron chi connectivity index (χ4n) is 0.976. The molecular formula is C7H11NO4S. The molecule has 0 radical (unpaired) electrons. The molecule has 0 aliphatic carbocycles. The maximum Gasteiger partial charge on any atom is 0.313 e. The summed E-state index contributed by atoms with van der Waals surface area (Å²) in [4.78, 5) is 22.8. The molecule has 74 valence electrons. The lowest BCUT2D eigenvalue weighted by Gasteiger charge is -2.35. The number of hydrogen-bond acceptors (Lipinski definition) is 4. The van der Waals surface area contributed by atoms with Gasteiger partial charge in [-0.15, -0.1) is 11.8 Å². The minimum absolute atomic E-state index is 0.0534. The largest absolute Gasteiger partial charge is 0.481 e. The molecule has 0 bridgehead atoms. The maximum atomic E-state index is 11.2. The molecule has 0 spiro atoms. The number of carboxylic acids is 1. The van der Waals surface area contributed by atoms with E-state index in [0.29, 0.717) is 13.1 Å². The highest BCUT2D eigenvalue weighted by Gasteiger charge is 2.28. The molecule has 0 aromatic rings. The van der Waals surface area contributed by atoms with Crippen molar-refractivity contribution >= 4 is 23.6 Å². The summed E-state index contributed by atoms with van der Waals surface area (Å²) in [7, 11) is 0. The van der Waals surface area contributed by atoms with Crippen LogP contribution in [0.3, 0.4) is 0 Å². The number of nitrogens with zero attached hydrogens (tertiary/aromatic N) is 1. The number of hydrogen-bond donors (Lipinski definition) is 2. The number of aliphatic hydroxyl groups is 1. The van der Waals surface area contributed by atoms with Crippen molar-refractivity contribution in [2.75, 3.05) is 24.6 Å². The molecule has 1 fully saturated rings. The van der Waals surface area contributed by atoms with Gasteiger partial charge in [0.25, 0.3) is 0 Å². The Kier molecular flexibility index (Phi) is 3.56. The topological polar surface area (TPSA) is 77.8 Å². The lowest BCUT2D eigenvalue weighted by Crippen LogP contribution is -2.54. The van der Waals surface area contributed by atoms with Gasteiger partial charge in [-0.1, -0.05) is 0 Å². The average molecular weight is 205 g/mol. The summed E-state index contributed by atoms with van der Waals surface area (Å²) in [6.45, 7) is 0.763. The summed E-state index contributed by atoms with van der Waals surface area (Å²) in [6.07, 6.45) is -0.395. The Bertz CT molecular complexity index is 215. The van der Waals surface area contributed by atoms with Gasteiger partial charge in [-0.3, -0.25) is 9.59 Å². The predicted octanol–water partition coefficient (Wildman–Crippen LogP) is -0.993. The zero-order valence-electron chi connectivity index (χ0n) is 6.97. The molecular weight excluding hydrogens is 194 g/mol. The quantitative estimate of drug-likeness (QED) is 0.616. The summed E-state index contributed by atoms with van der Waals surface area (Å²) in [5.74, 6) is -0.890. The van der Waals surface area contributed by atoms with Crippen LogP contribution in [0.5, 0.6) is 0 Å². The molecule has 1 amide bonds. The van der Waals surface area contributed by atoms with Crippen LogP contribution >= 0.6 is 11.8 Å². The van der Waals surface area contributed by atoms with Crippen LogP contribution in [-0.4, -0.2) is 57.7 Å². The molecule has 2 N–H and O–H groups in total. The Labute approximate surface area is 79.7 Å². The van der Waals surface area contributed by atoms with Crippen molar-refractivity contribution in [3.05, 3.63) is 0 Å². The Morgan fingerprint density at radius 3 is 2.46 bits per heavy atom. The Balaban J connectivity index is 2.08. The summed E-state index contributed by atoms with van der Waals surface area (Å²) in [5, 5.41) is 17.2. The molecule has 6 heteroatoms. The number of likely N-dealkylation sites (tertiary alicyclic amines) is 1. The van der Waals surface area contributed by atoms with Crippen LogP contribution in [0, 0.1) is 0 Å². The Morgan fingerprint density at radius 1 is 1.38 bits per heavy atom. The van der Waals surface area contributed by atoms with Crippen LogP contribution in [0.15, 0.2) is 0 Å². The van der Waals surface area contributed by atoms with Crippen LogP contribution in [0.25, 0.3) is 0 Å². The molecule has 1 rings (SSSR count). The fraction of sp³-hybridized carbons (Fsp3) is 0.714. The second-order valence-corrected chi connectivity index (χ2v) is 3.82. The molecule has 1 aliphatic rings. The molecule has 13 heavy (non-hydrogen) atoms. The number of amides is 1. The number of aliphatic carboxylic acids is 1. The first-order valence-electron chi connectivity index (χ1n) is 3.85. The van der Waals surface area contributed by atoms with Gasteiger partial charge in [0.05, 0.1) is 17.6 Å². The highest BCUT2D eigenvalue weighted by molar-refractivity contribution is 8.00. The minimum Gasteiger partial charge on any atom is -0.481 e. The number of carboxylic acid groups (broad SMARTS) is 1. The molecule has 0 unspecified atom stereocenters. The standard InChI is InChI=1S/C7H11NO4S/c9-5-1-8(2-5)6(10)3-13-4-7(11)12/h5,9H,1-4H2,(H,11,12). The summed E-state index contributed by atoms with van der Waals surface area (Å²) in [5.41, 5.74) is 0. The number of carbonyl (C=O) groups is 2. The Morgan fingerprint density at radius 2 is 2.00 bits per heavy atom. The van der Waals surface area contributed by atoms with Crippen LogP contribution in [-0.2, 0) is 9.59 Å². The van der Waals surface area contributed by atoms with Crippen LogP contribution in [0.2, 0.25) is 0 Å². The molecule has 5 nitrogen and oxygen atoms in total. The van der Waals surface area contributed by atoms with Gasteiger partial charge in [0.15, 0.2) is 0 Å². The van der Waals surface area contributed by atoms with Gasteiger partial charge in [0.1, 0.15) is 0 Å². The Hall–Kier alpha value is -0.750. The van der Waals surface area contributed by atoms with Gasteiger partial charge in [-0.05, 0) is 0 Å².